The molecule has 2 aromatic rings. The summed E-state index contributed by atoms with van der Waals surface area (Å²) in [5, 5.41) is 12.7. The van der Waals surface area contributed by atoms with Crippen LogP contribution in [0.5, 0.6) is 0 Å². The number of rotatable bonds is 3. The van der Waals surface area contributed by atoms with E-state index in [1.54, 1.807) is 17.0 Å². The van der Waals surface area contributed by atoms with Gasteiger partial charge in [0.15, 0.2) is 0 Å². The SMILES string of the molecule is CN1CCC2CN(C(=O)c3cc(=O)n(-c4ccccc4)[nH]3)CC2(C(=O)O)C1. The number of hydrogen-bond acceptors (Lipinski definition) is 4. The third-order valence-corrected chi connectivity index (χ3v) is 5.78. The van der Waals surface area contributed by atoms with Gasteiger partial charge in [0.1, 0.15) is 11.1 Å². The standard InChI is InChI=1S/C19H22N4O4/c1-21-8-7-13-10-22(12-19(13,11-21)18(26)27)17(25)15-9-16(24)23(20-15)14-5-3-2-4-6-14/h2-6,9,13,20H,7-8,10-12H2,1H3,(H,26,27). The van der Waals surface area contributed by atoms with Crippen molar-refractivity contribution in [2.45, 2.75) is 6.42 Å². The first-order valence-electron chi connectivity index (χ1n) is 8.99. The number of aromatic nitrogens is 2. The van der Waals surface area contributed by atoms with Crippen LogP contribution in [0.25, 0.3) is 5.69 Å². The minimum Gasteiger partial charge on any atom is -0.481 e. The second-order valence-electron chi connectivity index (χ2n) is 7.55. The van der Waals surface area contributed by atoms with Crippen LogP contribution in [0.4, 0.5) is 0 Å². The van der Waals surface area contributed by atoms with Crippen molar-refractivity contribution in [3.8, 4) is 5.69 Å². The van der Waals surface area contributed by atoms with Gasteiger partial charge in [-0.3, -0.25) is 19.5 Å². The molecule has 1 amide bonds. The lowest BCUT2D eigenvalue weighted by molar-refractivity contribution is -0.153. The number of fused-ring (bicyclic) bond motifs is 1. The molecule has 3 heterocycles. The van der Waals surface area contributed by atoms with Crippen molar-refractivity contribution in [2.75, 3.05) is 33.2 Å². The summed E-state index contributed by atoms with van der Waals surface area (Å²) in [6, 6.07) is 10.3. The van der Waals surface area contributed by atoms with Crippen molar-refractivity contribution >= 4 is 11.9 Å². The Morgan fingerprint density at radius 3 is 2.67 bits per heavy atom. The van der Waals surface area contributed by atoms with Gasteiger partial charge in [-0.05, 0) is 38.1 Å². The maximum absolute atomic E-state index is 13.0. The summed E-state index contributed by atoms with van der Waals surface area (Å²) in [5.41, 5.74) is -0.448. The first-order valence-corrected chi connectivity index (χ1v) is 8.99. The maximum Gasteiger partial charge on any atom is 0.313 e. The molecule has 0 saturated carbocycles. The van der Waals surface area contributed by atoms with Gasteiger partial charge in [-0.1, -0.05) is 18.2 Å². The van der Waals surface area contributed by atoms with E-state index in [9.17, 15) is 19.5 Å². The molecule has 142 valence electrons. The highest BCUT2D eigenvalue weighted by Gasteiger charge is 2.55. The third-order valence-electron chi connectivity index (χ3n) is 5.78. The van der Waals surface area contributed by atoms with Crippen molar-refractivity contribution in [1.82, 2.24) is 19.6 Å². The van der Waals surface area contributed by atoms with Gasteiger partial charge < -0.3 is 14.9 Å². The van der Waals surface area contributed by atoms with E-state index >= 15 is 0 Å². The third kappa shape index (κ3) is 2.86. The van der Waals surface area contributed by atoms with Crippen molar-refractivity contribution in [2.24, 2.45) is 11.3 Å². The Bertz CT molecular complexity index is 935. The normalized spacial score (nSPS) is 25.4. The Kier molecular flexibility index (Phi) is 4.15. The van der Waals surface area contributed by atoms with Crippen molar-refractivity contribution < 1.29 is 14.7 Å². The molecule has 0 spiro atoms. The van der Waals surface area contributed by atoms with E-state index in [1.165, 1.54) is 10.7 Å². The fourth-order valence-electron chi connectivity index (χ4n) is 4.37. The van der Waals surface area contributed by atoms with Crippen LogP contribution in [0.2, 0.25) is 0 Å². The molecule has 2 fully saturated rings. The molecule has 2 N–H and O–H groups in total. The molecule has 0 bridgehead atoms. The second-order valence-corrected chi connectivity index (χ2v) is 7.55. The highest BCUT2D eigenvalue weighted by Crippen LogP contribution is 2.42. The summed E-state index contributed by atoms with van der Waals surface area (Å²) in [7, 11) is 1.91. The number of amides is 1. The van der Waals surface area contributed by atoms with Crippen LogP contribution in [0.1, 0.15) is 16.9 Å². The fourth-order valence-corrected chi connectivity index (χ4v) is 4.37. The molecule has 0 radical (unpaired) electrons. The number of para-hydroxylation sites is 1. The molecular weight excluding hydrogens is 348 g/mol. The number of carbonyl (C=O) groups excluding carboxylic acids is 1. The van der Waals surface area contributed by atoms with E-state index in [0.29, 0.717) is 18.8 Å². The minimum atomic E-state index is -0.940. The van der Waals surface area contributed by atoms with Gasteiger partial charge in [0.05, 0.1) is 5.69 Å². The highest BCUT2D eigenvalue weighted by atomic mass is 16.4. The number of benzene rings is 1. The summed E-state index contributed by atoms with van der Waals surface area (Å²) < 4.78 is 1.32. The summed E-state index contributed by atoms with van der Waals surface area (Å²) in [6.07, 6.45) is 0.744. The second kappa shape index (κ2) is 6.38. The van der Waals surface area contributed by atoms with Gasteiger partial charge in [0.2, 0.25) is 0 Å². The Labute approximate surface area is 156 Å². The number of piperidine rings is 1. The predicted octanol–water partition coefficient (Wildman–Crippen LogP) is 0.644. The average molecular weight is 370 g/mol. The molecule has 2 atom stereocenters. The number of nitrogens with zero attached hydrogens (tertiary/aromatic N) is 3. The zero-order chi connectivity index (χ0) is 19.2. The molecule has 4 rings (SSSR count). The Balaban J connectivity index is 1.61. The maximum atomic E-state index is 13.0. The Morgan fingerprint density at radius 2 is 1.96 bits per heavy atom. The number of carboxylic acids is 1. The molecule has 2 saturated heterocycles. The van der Waals surface area contributed by atoms with Gasteiger partial charge in [-0.15, -0.1) is 0 Å². The number of aliphatic carboxylic acids is 1. The van der Waals surface area contributed by atoms with Gasteiger partial charge in [0.25, 0.3) is 11.5 Å². The van der Waals surface area contributed by atoms with E-state index in [0.717, 1.165) is 13.0 Å². The van der Waals surface area contributed by atoms with E-state index in [2.05, 4.69) is 5.10 Å². The lowest BCUT2D eigenvalue weighted by atomic mass is 9.73. The molecular formula is C19H22N4O4. The van der Waals surface area contributed by atoms with Gasteiger partial charge >= 0.3 is 5.97 Å². The van der Waals surface area contributed by atoms with Crippen LogP contribution in [0.3, 0.4) is 0 Å². The lowest BCUT2D eigenvalue weighted by Gasteiger charge is -2.39. The summed E-state index contributed by atoms with van der Waals surface area (Å²) in [5.74, 6) is -1.26. The van der Waals surface area contributed by atoms with Crippen molar-refractivity contribution in [3.63, 3.8) is 0 Å². The van der Waals surface area contributed by atoms with Crippen LogP contribution >= 0.6 is 0 Å². The number of carbonyl (C=O) groups is 2. The number of aromatic amines is 1. The van der Waals surface area contributed by atoms with E-state index in [4.69, 9.17) is 0 Å². The number of H-pyrrole nitrogens is 1. The molecule has 27 heavy (non-hydrogen) atoms. The zero-order valence-electron chi connectivity index (χ0n) is 15.1. The van der Waals surface area contributed by atoms with Crippen LogP contribution in [0.15, 0.2) is 41.2 Å². The zero-order valence-corrected chi connectivity index (χ0v) is 15.1. The Morgan fingerprint density at radius 1 is 1.22 bits per heavy atom. The number of nitrogens with one attached hydrogen (secondary N) is 1. The molecule has 2 aliphatic heterocycles. The number of likely N-dealkylation sites (tertiary alicyclic amines) is 2. The Hall–Kier alpha value is -2.87. The van der Waals surface area contributed by atoms with Crippen LogP contribution in [-0.4, -0.2) is 69.8 Å². The number of hydrogen-bond donors (Lipinski definition) is 2. The van der Waals surface area contributed by atoms with Crippen molar-refractivity contribution in [1.29, 1.82) is 0 Å². The predicted molar refractivity (Wildman–Crippen MR) is 98.0 cm³/mol. The molecule has 8 heteroatoms. The van der Waals surface area contributed by atoms with Crippen LogP contribution in [-0.2, 0) is 4.79 Å². The quantitative estimate of drug-likeness (QED) is 0.826. The van der Waals surface area contributed by atoms with Gasteiger partial charge in [0, 0.05) is 25.7 Å². The highest BCUT2D eigenvalue weighted by molar-refractivity contribution is 5.93. The van der Waals surface area contributed by atoms with Crippen molar-refractivity contribution in [3.05, 3.63) is 52.4 Å². The first kappa shape index (κ1) is 17.5. The number of carboxylic acid groups (broad SMARTS) is 1. The first-order chi connectivity index (χ1) is 12.9. The van der Waals surface area contributed by atoms with Gasteiger partial charge in [-0.25, -0.2) is 4.68 Å². The minimum absolute atomic E-state index is 0.0712. The van der Waals surface area contributed by atoms with E-state index < -0.39 is 11.4 Å². The van der Waals surface area contributed by atoms with Crippen LogP contribution in [0, 0.1) is 11.3 Å². The molecule has 8 nitrogen and oxygen atoms in total. The molecule has 1 aromatic heterocycles. The average Bonchev–Trinajstić information content (AvgIpc) is 3.23. The summed E-state index contributed by atoms with van der Waals surface area (Å²) in [6.45, 7) is 1.81. The lowest BCUT2D eigenvalue weighted by Crippen LogP contribution is -2.52. The molecule has 1 aromatic carbocycles. The van der Waals surface area contributed by atoms with E-state index in [1.807, 2.05) is 30.1 Å². The topological polar surface area (TPSA) is 98.6 Å². The largest absolute Gasteiger partial charge is 0.481 e. The molecule has 2 aliphatic rings. The monoisotopic (exact) mass is 370 g/mol. The summed E-state index contributed by atoms with van der Waals surface area (Å²) >= 11 is 0. The molecule has 0 aliphatic carbocycles. The van der Waals surface area contributed by atoms with Crippen LogP contribution < -0.4 is 5.56 Å². The molecule has 2 unspecified atom stereocenters. The van der Waals surface area contributed by atoms with E-state index in [-0.39, 0.29) is 29.6 Å². The fraction of sp³-hybridized carbons (Fsp3) is 0.421. The smallest absolute Gasteiger partial charge is 0.313 e. The summed E-state index contributed by atoms with van der Waals surface area (Å²) in [4.78, 5) is 40.9. The van der Waals surface area contributed by atoms with Gasteiger partial charge in [-0.2, -0.15) is 0 Å².